The van der Waals surface area contributed by atoms with Crippen molar-refractivity contribution in [2.24, 2.45) is 7.05 Å². The highest BCUT2D eigenvalue weighted by atomic mass is 15.3. The van der Waals surface area contributed by atoms with Gasteiger partial charge in [0.2, 0.25) is 0 Å². The molecule has 0 unspecified atom stereocenters. The summed E-state index contributed by atoms with van der Waals surface area (Å²) in [6.45, 7) is 9.43. The summed E-state index contributed by atoms with van der Waals surface area (Å²) in [7, 11) is 1.92. The van der Waals surface area contributed by atoms with Crippen LogP contribution in [0, 0.1) is 6.92 Å². The van der Waals surface area contributed by atoms with Crippen LogP contribution in [0.3, 0.4) is 0 Å². The summed E-state index contributed by atoms with van der Waals surface area (Å²) in [6.07, 6.45) is 4.25. The molecule has 2 rings (SSSR count). The van der Waals surface area contributed by atoms with E-state index in [-0.39, 0.29) is 0 Å². The van der Waals surface area contributed by atoms with Crippen LogP contribution in [0.25, 0.3) is 11.3 Å². The lowest BCUT2D eigenvalue weighted by molar-refractivity contribution is 0.588. The van der Waals surface area contributed by atoms with Crippen molar-refractivity contribution >= 4 is 5.82 Å². The highest BCUT2D eigenvalue weighted by molar-refractivity contribution is 5.72. The van der Waals surface area contributed by atoms with E-state index >= 15 is 0 Å². The summed E-state index contributed by atoms with van der Waals surface area (Å²) in [5.74, 6) is 2.19. The average Bonchev–Trinajstić information content (AvgIpc) is 2.87. The van der Waals surface area contributed by atoms with Gasteiger partial charge in [0.05, 0.1) is 5.69 Å². The Morgan fingerprint density at radius 2 is 2.05 bits per heavy atom. The molecule has 110 valence electrons. The lowest BCUT2D eigenvalue weighted by atomic mass is 10.2. The fourth-order valence-corrected chi connectivity index (χ4v) is 2.51. The highest BCUT2D eigenvalue weighted by Gasteiger charge is 2.20. The second-order valence-electron chi connectivity index (χ2n) is 5.67. The maximum Gasteiger partial charge on any atom is 0.131 e. The number of aromatic nitrogens is 4. The molecule has 2 N–H and O–H groups in total. The van der Waals surface area contributed by atoms with Crippen LogP contribution in [0.5, 0.6) is 0 Å². The first kappa shape index (κ1) is 14.6. The molecule has 5 nitrogen and oxygen atoms in total. The van der Waals surface area contributed by atoms with Crippen molar-refractivity contribution in [1.29, 1.82) is 0 Å². The third-order valence-corrected chi connectivity index (χ3v) is 3.56. The third kappa shape index (κ3) is 2.57. The predicted molar refractivity (Wildman–Crippen MR) is 82.6 cm³/mol. The number of aryl methyl sites for hydroxylation is 2. The number of imidazole rings is 1. The van der Waals surface area contributed by atoms with Crippen molar-refractivity contribution in [3.8, 4) is 11.3 Å². The monoisotopic (exact) mass is 275 g/mol. The molecule has 0 aliphatic rings. The first-order chi connectivity index (χ1) is 9.45. The van der Waals surface area contributed by atoms with E-state index in [1.54, 1.807) is 0 Å². The Labute approximate surface area is 120 Å². The molecule has 0 aliphatic carbocycles. The minimum absolute atomic E-state index is 0.361. The molecule has 0 aromatic carbocycles. The normalized spacial score (nSPS) is 11.5. The van der Waals surface area contributed by atoms with Crippen LogP contribution in [0.4, 0.5) is 5.82 Å². The summed E-state index contributed by atoms with van der Waals surface area (Å²) >= 11 is 0. The van der Waals surface area contributed by atoms with Crippen LogP contribution in [0.15, 0.2) is 6.20 Å². The van der Waals surface area contributed by atoms with Gasteiger partial charge in [0.25, 0.3) is 0 Å². The van der Waals surface area contributed by atoms with Crippen molar-refractivity contribution < 1.29 is 0 Å². The van der Waals surface area contributed by atoms with Gasteiger partial charge >= 0.3 is 0 Å². The van der Waals surface area contributed by atoms with Gasteiger partial charge in [-0.15, -0.1) is 0 Å². The summed E-state index contributed by atoms with van der Waals surface area (Å²) in [6, 6.07) is 0. The Hall–Kier alpha value is -1.78. The molecule has 20 heavy (non-hydrogen) atoms. The summed E-state index contributed by atoms with van der Waals surface area (Å²) in [5.41, 5.74) is 9.22. The molecule has 0 aliphatic heterocycles. The molecule has 0 fully saturated rings. The maximum absolute atomic E-state index is 6.36. The largest absolute Gasteiger partial charge is 0.383 e. The smallest absolute Gasteiger partial charge is 0.131 e. The van der Waals surface area contributed by atoms with E-state index in [9.17, 15) is 0 Å². The molecule has 2 aromatic rings. The topological polar surface area (TPSA) is 61.7 Å². The van der Waals surface area contributed by atoms with E-state index < -0.39 is 0 Å². The fourth-order valence-electron chi connectivity index (χ4n) is 2.51. The minimum Gasteiger partial charge on any atom is -0.383 e. The van der Waals surface area contributed by atoms with Crippen LogP contribution >= 0.6 is 0 Å². The van der Waals surface area contributed by atoms with Crippen molar-refractivity contribution in [2.45, 2.75) is 53.0 Å². The standard InChI is InChI=1S/C15H25N5/c1-6-7-8-20-14(16)13(17-15(20)10(2)3)12-9-19(5)18-11(12)4/h9-10H,6-8,16H2,1-5H3. The number of rotatable bonds is 5. The van der Waals surface area contributed by atoms with Crippen molar-refractivity contribution in [3.63, 3.8) is 0 Å². The van der Waals surface area contributed by atoms with Gasteiger partial charge in [-0.05, 0) is 13.3 Å². The lowest BCUT2D eigenvalue weighted by Gasteiger charge is -2.11. The number of nitrogens with two attached hydrogens (primary N) is 1. The summed E-state index contributed by atoms with van der Waals surface area (Å²) in [4.78, 5) is 4.79. The third-order valence-electron chi connectivity index (χ3n) is 3.56. The van der Waals surface area contributed by atoms with Gasteiger partial charge in [0.1, 0.15) is 17.3 Å². The Balaban J connectivity index is 2.52. The molecule has 0 spiro atoms. The van der Waals surface area contributed by atoms with Gasteiger partial charge in [-0.1, -0.05) is 27.2 Å². The van der Waals surface area contributed by atoms with Crippen molar-refractivity contribution in [2.75, 3.05) is 5.73 Å². The Bertz CT molecular complexity index is 592. The van der Waals surface area contributed by atoms with Crippen LogP contribution in [0.2, 0.25) is 0 Å². The number of hydrogen-bond acceptors (Lipinski definition) is 3. The van der Waals surface area contributed by atoms with E-state index in [4.69, 9.17) is 10.7 Å². The fraction of sp³-hybridized carbons (Fsp3) is 0.600. The van der Waals surface area contributed by atoms with Gasteiger partial charge in [-0.25, -0.2) is 4.98 Å². The van der Waals surface area contributed by atoms with Crippen LogP contribution in [-0.4, -0.2) is 19.3 Å². The zero-order chi connectivity index (χ0) is 14.9. The highest BCUT2D eigenvalue weighted by Crippen LogP contribution is 2.31. The Morgan fingerprint density at radius 1 is 1.35 bits per heavy atom. The first-order valence-electron chi connectivity index (χ1n) is 7.32. The SMILES string of the molecule is CCCCn1c(C(C)C)nc(-c2cn(C)nc2C)c1N. The van der Waals surface area contributed by atoms with E-state index in [0.29, 0.717) is 5.92 Å². The number of nitrogens with zero attached hydrogens (tertiary/aromatic N) is 4. The molecule has 0 atom stereocenters. The lowest BCUT2D eigenvalue weighted by Crippen LogP contribution is -2.08. The maximum atomic E-state index is 6.36. The molecule has 0 saturated carbocycles. The van der Waals surface area contributed by atoms with Gasteiger partial charge in [-0.3, -0.25) is 4.68 Å². The van der Waals surface area contributed by atoms with Crippen LogP contribution in [-0.2, 0) is 13.6 Å². The molecule has 2 aromatic heterocycles. The Kier molecular flexibility index (Phi) is 4.16. The minimum atomic E-state index is 0.361. The van der Waals surface area contributed by atoms with E-state index in [2.05, 4.69) is 30.4 Å². The molecule has 0 amide bonds. The van der Waals surface area contributed by atoms with Gasteiger partial charge in [0, 0.05) is 31.3 Å². The molecule has 0 saturated heterocycles. The van der Waals surface area contributed by atoms with Crippen molar-refractivity contribution in [1.82, 2.24) is 19.3 Å². The summed E-state index contributed by atoms with van der Waals surface area (Å²) in [5, 5.41) is 4.39. The van der Waals surface area contributed by atoms with Gasteiger partial charge < -0.3 is 10.3 Å². The Morgan fingerprint density at radius 3 is 2.55 bits per heavy atom. The molecular weight excluding hydrogens is 250 g/mol. The second-order valence-corrected chi connectivity index (χ2v) is 5.67. The molecular formula is C15H25N5. The molecule has 2 heterocycles. The molecule has 0 bridgehead atoms. The van der Waals surface area contributed by atoms with Crippen molar-refractivity contribution in [3.05, 3.63) is 17.7 Å². The number of nitrogen functional groups attached to an aromatic ring is 1. The zero-order valence-electron chi connectivity index (χ0n) is 13.1. The van der Waals surface area contributed by atoms with E-state index in [0.717, 1.165) is 48.0 Å². The predicted octanol–water partition coefficient (Wildman–Crippen LogP) is 3.10. The number of hydrogen-bond donors (Lipinski definition) is 1. The molecule has 5 heteroatoms. The van der Waals surface area contributed by atoms with Gasteiger partial charge in [0.15, 0.2) is 0 Å². The quantitative estimate of drug-likeness (QED) is 0.912. The number of anilines is 1. The van der Waals surface area contributed by atoms with Crippen LogP contribution in [0.1, 0.15) is 51.0 Å². The number of unbranched alkanes of at least 4 members (excludes halogenated alkanes) is 1. The molecule has 0 radical (unpaired) electrons. The van der Waals surface area contributed by atoms with E-state index in [1.165, 1.54) is 0 Å². The van der Waals surface area contributed by atoms with Gasteiger partial charge in [-0.2, -0.15) is 5.10 Å². The second kappa shape index (κ2) is 5.69. The van der Waals surface area contributed by atoms with E-state index in [1.807, 2.05) is 24.9 Å². The van der Waals surface area contributed by atoms with Crippen LogP contribution < -0.4 is 5.73 Å². The average molecular weight is 275 g/mol. The summed E-state index contributed by atoms with van der Waals surface area (Å²) < 4.78 is 3.97. The zero-order valence-corrected chi connectivity index (χ0v) is 13.1. The first-order valence-corrected chi connectivity index (χ1v) is 7.32.